The molecular formula is C22H17N5O5. The van der Waals surface area contributed by atoms with Crippen LogP contribution in [0.5, 0.6) is 11.5 Å². The minimum absolute atomic E-state index is 0.0469. The number of aromatic nitrogens is 3. The summed E-state index contributed by atoms with van der Waals surface area (Å²) in [5.74, 6) is 0.864. The fourth-order valence-corrected chi connectivity index (χ4v) is 3.37. The van der Waals surface area contributed by atoms with Gasteiger partial charge in [-0.2, -0.15) is 0 Å². The predicted octanol–water partition coefficient (Wildman–Crippen LogP) is 3.73. The number of carbonyl (C=O) groups excluding carboxylic acids is 2. The highest BCUT2D eigenvalue weighted by atomic mass is 16.7. The topological polar surface area (TPSA) is 125 Å². The Bertz CT molecular complexity index is 1370. The number of amides is 2. The molecule has 0 saturated heterocycles. The molecule has 10 heteroatoms. The number of urea groups is 1. The molecule has 1 aliphatic rings. The SMILES string of the molecule is CCOC(=O)c1cc2cc3c(cc2nc1NC(=O)Nc1ncnc2ccccc12)OCO3. The molecule has 160 valence electrons. The van der Waals surface area contributed by atoms with Gasteiger partial charge in [-0.05, 0) is 31.2 Å². The number of nitrogens with zero attached hydrogens (tertiary/aromatic N) is 3. The maximum absolute atomic E-state index is 12.8. The van der Waals surface area contributed by atoms with E-state index < -0.39 is 12.0 Å². The van der Waals surface area contributed by atoms with Gasteiger partial charge in [-0.3, -0.25) is 10.6 Å². The highest BCUT2D eigenvalue weighted by Gasteiger charge is 2.21. The third kappa shape index (κ3) is 3.58. The van der Waals surface area contributed by atoms with E-state index in [0.29, 0.717) is 39.1 Å². The molecule has 2 amide bonds. The van der Waals surface area contributed by atoms with Gasteiger partial charge in [0.2, 0.25) is 6.79 Å². The van der Waals surface area contributed by atoms with Crippen molar-refractivity contribution in [3.05, 3.63) is 54.4 Å². The first-order valence-electron chi connectivity index (χ1n) is 9.81. The molecular weight excluding hydrogens is 414 g/mol. The molecule has 0 fully saturated rings. The van der Waals surface area contributed by atoms with Crippen LogP contribution >= 0.6 is 0 Å². The summed E-state index contributed by atoms with van der Waals surface area (Å²) in [4.78, 5) is 38.1. The molecule has 2 N–H and O–H groups in total. The molecule has 0 spiro atoms. The van der Waals surface area contributed by atoms with Crippen molar-refractivity contribution >= 4 is 45.4 Å². The molecule has 2 aromatic carbocycles. The molecule has 32 heavy (non-hydrogen) atoms. The first-order chi connectivity index (χ1) is 15.6. The average molecular weight is 431 g/mol. The fourth-order valence-electron chi connectivity index (χ4n) is 3.37. The number of pyridine rings is 1. The standard InChI is InChI=1S/C22H17N5O5/c1-2-30-21(28)14-7-12-8-17-18(32-11-31-17)9-16(12)25-20(14)27-22(29)26-19-13-5-3-4-6-15(13)23-10-24-19/h3-10H,2,11H2,1H3,(H2,23,24,25,26,27,29). The molecule has 1 aliphatic heterocycles. The first-order valence-corrected chi connectivity index (χ1v) is 9.81. The zero-order chi connectivity index (χ0) is 22.1. The Kier molecular flexibility index (Phi) is 4.86. The lowest BCUT2D eigenvalue weighted by atomic mass is 10.1. The molecule has 0 bridgehead atoms. The summed E-state index contributed by atoms with van der Waals surface area (Å²) in [7, 11) is 0. The van der Waals surface area contributed by atoms with Gasteiger partial charge in [0, 0.05) is 16.8 Å². The van der Waals surface area contributed by atoms with E-state index in [1.54, 1.807) is 31.2 Å². The summed E-state index contributed by atoms with van der Waals surface area (Å²) < 4.78 is 15.9. The number of benzene rings is 2. The maximum Gasteiger partial charge on any atom is 0.341 e. The van der Waals surface area contributed by atoms with Gasteiger partial charge in [-0.15, -0.1) is 0 Å². The number of esters is 1. The fraction of sp³-hybridized carbons (Fsp3) is 0.136. The number of anilines is 2. The second-order valence-corrected chi connectivity index (χ2v) is 6.82. The van der Waals surface area contributed by atoms with Crippen molar-refractivity contribution in [1.82, 2.24) is 15.0 Å². The first kappa shape index (κ1) is 19.5. The second-order valence-electron chi connectivity index (χ2n) is 6.82. The molecule has 4 aromatic rings. The van der Waals surface area contributed by atoms with E-state index in [1.807, 2.05) is 18.2 Å². The molecule has 0 aliphatic carbocycles. The Morgan fingerprint density at radius 2 is 1.78 bits per heavy atom. The minimum Gasteiger partial charge on any atom is -0.462 e. The number of carbonyl (C=O) groups is 2. The summed E-state index contributed by atoms with van der Waals surface area (Å²) in [6.07, 6.45) is 1.36. The summed E-state index contributed by atoms with van der Waals surface area (Å²) in [6.45, 7) is 1.98. The van der Waals surface area contributed by atoms with Crippen LogP contribution in [-0.4, -0.2) is 40.4 Å². The Labute approximate surface area is 181 Å². The summed E-state index contributed by atoms with van der Waals surface area (Å²) in [6, 6.07) is 11.7. The van der Waals surface area contributed by atoms with E-state index in [0.717, 1.165) is 0 Å². The summed E-state index contributed by atoms with van der Waals surface area (Å²) in [5, 5.41) is 6.63. The second kappa shape index (κ2) is 7.99. The van der Waals surface area contributed by atoms with E-state index in [-0.39, 0.29) is 24.8 Å². The van der Waals surface area contributed by atoms with Crippen LogP contribution in [0.1, 0.15) is 17.3 Å². The van der Waals surface area contributed by atoms with Gasteiger partial charge in [-0.1, -0.05) is 12.1 Å². The Morgan fingerprint density at radius 1 is 1.00 bits per heavy atom. The Hall–Kier alpha value is -4.47. The van der Waals surface area contributed by atoms with Crippen molar-refractivity contribution in [1.29, 1.82) is 0 Å². The van der Waals surface area contributed by atoms with Gasteiger partial charge in [0.25, 0.3) is 0 Å². The highest BCUT2D eigenvalue weighted by Crippen LogP contribution is 2.36. The van der Waals surface area contributed by atoms with Gasteiger partial charge < -0.3 is 14.2 Å². The summed E-state index contributed by atoms with van der Waals surface area (Å²) >= 11 is 0. The van der Waals surface area contributed by atoms with Crippen LogP contribution in [0.2, 0.25) is 0 Å². The quantitative estimate of drug-likeness (QED) is 0.469. The smallest absolute Gasteiger partial charge is 0.341 e. The van der Waals surface area contributed by atoms with Crippen LogP contribution in [0, 0.1) is 0 Å². The number of hydrogen-bond donors (Lipinski definition) is 2. The van der Waals surface area contributed by atoms with E-state index in [4.69, 9.17) is 14.2 Å². The van der Waals surface area contributed by atoms with Crippen LogP contribution in [-0.2, 0) is 4.74 Å². The number of hydrogen-bond acceptors (Lipinski definition) is 8. The van der Waals surface area contributed by atoms with Crippen molar-refractivity contribution in [3.8, 4) is 11.5 Å². The molecule has 0 radical (unpaired) electrons. The Balaban J connectivity index is 1.50. The van der Waals surface area contributed by atoms with E-state index >= 15 is 0 Å². The largest absolute Gasteiger partial charge is 0.462 e. The number of para-hydroxylation sites is 1. The number of nitrogens with one attached hydrogen (secondary N) is 2. The van der Waals surface area contributed by atoms with Crippen LogP contribution in [0.4, 0.5) is 16.4 Å². The van der Waals surface area contributed by atoms with Gasteiger partial charge in [0.05, 0.1) is 17.6 Å². The monoisotopic (exact) mass is 431 g/mol. The third-order valence-electron chi connectivity index (χ3n) is 4.81. The zero-order valence-corrected chi connectivity index (χ0v) is 16.9. The van der Waals surface area contributed by atoms with Crippen molar-refractivity contribution in [2.24, 2.45) is 0 Å². The van der Waals surface area contributed by atoms with Crippen molar-refractivity contribution in [2.75, 3.05) is 24.0 Å². The normalized spacial score (nSPS) is 12.0. The van der Waals surface area contributed by atoms with E-state index in [9.17, 15) is 9.59 Å². The van der Waals surface area contributed by atoms with Crippen LogP contribution in [0.25, 0.3) is 21.8 Å². The van der Waals surface area contributed by atoms with Gasteiger partial charge >= 0.3 is 12.0 Å². The molecule has 0 atom stereocenters. The third-order valence-corrected chi connectivity index (χ3v) is 4.81. The van der Waals surface area contributed by atoms with Gasteiger partial charge in [-0.25, -0.2) is 24.5 Å². The molecule has 0 unspecified atom stereocenters. The van der Waals surface area contributed by atoms with E-state index in [1.165, 1.54) is 6.33 Å². The zero-order valence-electron chi connectivity index (χ0n) is 16.9. The molecule has 10 nitrogen and oxygen atoms in total. The lowest BCUT2D eigenvalue weighted by Crippen LogP contribution is -2.23. The summed E-state index contributed by atoms with van der Waals surface area (Å²) in [5.41, 5.74) is 1.32. The highest BCUT2D eigenvalue weighted by molar-refractivity contribution is 6.08. The molecule has 0 saturated carbocycles. The van der Waals surface area contributed by atoms with Gasteiger partial charge in [0.15, 0.2) is 11.5 Å². The molecule has 2 aromatic heterocycles. The van der Waals surface area contributed by atoms with Crippen molar-refractivity contribution < 1.29 is 23.8 Å². The molecule has 3 heterocycles. The lowest BCUT2D eigenvalue weighted by Gasteiger charge is -2.13. The maximum atomic E-state index is 12.8. The molecule has 5 rings (SSSR count). The van der Waals surface area contributed by atoms with Crippen LogP contribution in [0.3, 0.4) is 0 Å². The average Bonchev–Trinajstić information content (AvgIpc) is 3.25. The minimum atomic E-state index is -0.619. The van der Waals surface area contributed by atoms with E-state index in [2.05, 4.69) is 25.6 Å². The number of ether oxygens (including phenoxy) is 3. The van der Waals surface area contributed by atoms with Crippen molar-refractivity contribution in [2.45, 2.75) is 6.92 Å². The van der Waals surface area contributed by atoms with Crippen molar-refractivity contribution in [3.63, 3.8) is 0 Å². The number of rotatable bonds is 4. The van der Waals surface area contributed by atoms with Crippen LogP contribution in [0.15, 0.2) is 48.8 Å². The van der Waals surface area contributed by atoms with Crippen LogP contribution < -0.4 is 20.1 Å². The number of fused-ring (bicyclic) bond motifs is 3. The lowest BCUT2D eigenvalue weighted by molar-refractivity contribution is 0.0527. The van der Waals surface area contributed by atoms with Gasteiger partial charge in [0.1, 0.15) is 23.5 Å². The predicted molar refractivity (Wildman–Crippen MR) is 116 cm³/mol. The Morgan fingerprint density at radius 3 is 2.62 bits per heavy atom.